The molecule has 0 radical (unpaired) electrons. The fourth-order valence-electron chi connectivity index (χ4n) is 2.25. The number of hydrogen-bond donors (Lipinski definition) is 2. The summed E-state index contributed by atoms with van der Waals surface area (Å²) in [5.74, 6) is -0.0201. The molecule has 1 aromatic carbocycles. The Morgan fingerprint density at radius 2 is 1.71 bits per heavy atom. The zero-order chi connectivity index (χ0) is 18.4. The second-order valence-electron chi connectivity index (χ2n) is 7.40. The summed E-state index contributed by atoms with van der Waals surface area (Å²) in [6, 6.07) is 9.54. The largest absolute Gasteiger partial charge is 0.444 e. The van der Waals surface area contributed by atoms with Gasteiger partial charge in [-0.05, 0) is 64.1 Å². The maximum Gasteiger partial charge on any atom is 0.408 e. The molecule has 5 nitrogen and oxygen atoms in total. The Labute approximate surface area is 149 Å². The maximum atomic E-state index is 12.7. The maximum absolute atomic E-state index is 12.7. The third kappa shape index (κ3) is 7.25. The van der Waals surface area contributed by atoms with E-state index in [2.05, 4.69) is 10.0 Å². The van der Waals surface area contributed by atoms with Crippen LogP contribution in [-0.2, 0) is 9.53 Å². The standard InChI is InChI=1S/C18H28N2O3S/c1-13(2)12-18(6,19-16(22)23-17(3,4)5)15(21)20-24-14-10-8-7-9-11-14/h7-11,13H,12H2,1-6H3,(H,19,22)(H,20,21). The summed E-state index contributed by atoms with van der Waals surface area (Å²) in [5, 5.41) is 2.73. The molecule has 0 aliphatic rings. The van der Waals surface area contributed by atoms with Crippen molar-refractivity contribution in [2.45, 2.75) is 64.0 Å². The van der Waals surface area contributed by atoms with Gasteiger partial charge in [0.15, 0.2) is 0 Å². The molecule has 0 bridgehead atoms. The Balaban J connectivity index is 2.77. The Bertz CT molecular complexity index is 555. The lowest BCUT2D eigenvalue weighted by Crippen LogP contribution is -2.57. The van der Waals surface area contributed by atoms with Crippen LogP contribution < -0.4 is 10.0 Å². The summed E-state index contributed by atoms with van der Waals surface area (Å²) in [6.07, 6.45) is -0.0848. The van der Waals surface area contributed by atoms with Crippen molar-refractivity contribution in [2.75, 3.05) is 0 Å². The molecule has 0 aliphatic heterocycles. The van der Waals surface area contributed by atoms with Crippen LogP contribution in [0.5, 0.6) is 0 Å². The number of carbonyl (C=O) groups is 2. The molecule has 0 saturated carbocycles. The van der Waals surface area contributed by atoms with E-state index in [4.69, 9.17) is 4.74 Å². The van der Waals surface area contributed by atoms with Gasteiger partial charge in [0.05, 0.1) is 0 Å². The van der Waals surface area contributed by atoms with Crippen LogP contribution in [0.1, 0.15) is 48.0 Å². The Hall–Kier alpha value is -1.69. The molecule has 134 valence electrons. The van der Waals surface area contributed by atoms with Crippen molar-refractivity contribution in [1.82, 2.24) is 10.0 Å². The molecule has 1 atom stereocenters. The monoisotopic (exact) mass is 352 g/mol. The van der Waals surface area contributed by atoms with Crippen LogP contribution in [0.2, 0.25) is 0 Å². The molecule has 0 heterocycles. The van der Waals surface area contributed by atoms with Crippen molar-refractivity contribution in [3.63, 3.8) is 0 Å². The van der Waals surface area contributed by atoms with E-state index >= 15 is 0 Å². The van der Waals surface area contributed by atoms with Gasteiger partial charge in [-0.1, -0.05) is 32.0 Å². The van der Waals surface area contributed by atoms with E-state index in [-0.39, 0.29) is 11.8 Å². The average Bonchev–Trinajstić information content (AvgIpc) is 2.42. The zero-order valence-electron chi connectivity index (χ0n) is 15.3. The number of amides is 2. The second kappa shape index (κ2) is 8.42. The number of nitrogens with one attached hydrogen (secondary N) is 2. The minimum absolute atomic E-state index is 0.234. The van der Waals surface area contributed by atoms with Crippen LogP contribution in [-0.4, -0.2) is 23.1 Å². The molecule has 2 N–H and O–H groups in total. The van der Waals surface area contributed by atoms with Gasteiger partial charge in [0, 0.05) is 4.90 Å². The molecular weight excluding hydrogens is 324 g/mol. The molecule has 1 rings (SSSR count). The van der Waals surface area contributed by atoms with Crippen LogP contribution in [0.25, 0.3) is 0 Å². The highest BCUT2D eigenvalue weighted by atomic mass is 32.2. The molecule has 0 aliphatic carbocycles. The summed E-state index contributed by atoms with van der Waals surface area (Å²) in [4.78, 5) is 25.7. The summed E-state index contributed by atoms with van der Waals surface area (Å²) in [5.41, 5.74) is -1.66. The molecule has 1 unspecified atom stereocenters. The van der Waals surface area contributed by atoms with Crippen LogP contribution in [0.15, 0.2) is 35.2 Å². The van der Waals surface area contributed by atoms with E-state index in [1.54, 1.807) is 27.7 Å². The van der Waals surface area contributed by atoms with Gasteiger partial charge in [-0.3, -0.25) is 9.52 Å². The first-order chi connectivity index (χ1) is 11.0. The van der Waals surface area contributed by atoms with E-state index in [9.17, 15) is 9.59 Å². The SMILES string of the molecule is CC(C)CC(C)(NC(=O)OC(C)(C)C)C(=O)NSc1ccccc1. The third-order valence-corrected chi connectivity index (χ3v) is 3.89. The minimum atomic E-state index is -1.04. The highest BCUT2D eigenvalue weighted by Crippen LogP contribution is 2.21. The molecule has 0 aromatic heterocycles. The molecule has 24 heavy (non-hydrogen) atoms. The van der Waals surface area contributed by atoms with Crippen LogP contribution in [0, 0.1) is 5.92 Å². The third-order valence-electron chi connectivity index (χ3n) is 3.10. The van der Waals surface area contributed by atoms with E-state index in [1.165, 1.54) is 11.9 Å². The first kappa shape index (κ1) is 20.4. The predicted molar refractivity (Wildman–Crippen MR) is 97.7 cm³/mol. The smallest absolute Gasteiger partial charge is 0.408 e. The van der Waals surface area contributed by atoms with Gasteiger partial charge >= 0.3 is 6.09 Å². The van der Waals surface area contributed by atoms with Gasteiger partial charge in [-0.2, -0.15) is 0 Å². The molecular formula is C18H28N2O3S. The van der Waals surface area contributed by atoms with Gasteiger partial charge in [0.25, 0.3) is 5.91 Å². The van der Waals surface area contributed by atoms with Crippen LogP contribution >= 0.6 is 11.9 Å². The number of alkyl carbamates (subject to hydrolysis) is 1. The number of benzene rings is 1. The summed E-state index contributed by atoms with van der Waals surface area (Å²) in [7, 11) is 0. The normalized spacial score (nSPS) is 14.0. The van der Waals surface area contributed by atoms with Crippen molar-refractivity contribution in [1.29, 1.82) is 0 Å². The first-order valence-electron chi connectivity index (χ1n) is 8.05. The van der Waals surface area contributed by atoms with Gasteiger partial charge in [0.1, 0.15) is 11.1 Å². The topological polar surface area (TPSA) is 67.4 Å². The molecule has 6 heteroatoms. The number of hydrogen-bond acceptors (Lipinski definition) is 4. The second-order valence-corrected chi connectivity index (χ2v) is 8.28. The molecule has 0 fully saturated rings. The Morgan fingerprint density at radius 1 is 1.12 bits per heavy atom. The quantitative estimate of drug-likeness (QED) is 0.755. The first-order valence-corrected chi connectivity index (χ1v) is 8.87. The van der Waals surface area contributed by atoms with Crippen LogP contribution in [0.3, 0.4) is 0 Å². The lowest BCUT2D eigenvalue weighted by atomic mass is 9.90. The van der Waals surface area contributed by atoms with Gasteiger partial charge in [-0.25, -0.2) is 4.79 Å². The minimum Gasteiger partial charge on any atom is -0.444 e. The van der Waals surface area contributed by atoms with Crippen molar-refractivity contribution < 1.29 is 14.3 Å². The van der Waals surface area contributed by atoms with Crippen molar-refractivity contribution >= 4 is 23.9 Å². The fraction of sp³-hybridized carbons (Fsp3) is 0.556. The van der Waals surface area contributed by atoms with Crippen molar-refractivity contribution in [3.8, 4) is 0 Å². The van der Waals surface area contributed by atoms with Crippen molar-refractivity contribution in [2.24, 2.45) is 5.92 Å². The summed E-state index contributed by atoms with van der Waals surface area (Å²) >= 11 is 1.23. The van der Waals surface area contributed by atoms with E-state index in [0.29, 0.717) is 6.42 Å². The molecule has 2 amide bonds. The lowest BCUT2D eigenvalue weighted by molar-refractivity contribution is -0.125. The highest BCUT2D eigenvalue weighted by molar-refractivity contribution is 7.98. The average molecular weight is 352 g/mol. The van der Waals surface area contributed by atoms with E-state index < -0.39 is 17.2 Å². The molecule has 0 spiro atoms. The molecule has 0 saturated heterocycles. The van der Waals surface area contributed by atoms with E-state index in [0.717, 1.165) is 4.90 Å². The van der Waals surface area contributed by atoms with Crippen LogP contribution in [0.4, 0.5) is 4.79 Å². The number of rotatable bonds is 6. The number of carbonyl (C=O) groups excluding carboxylic acids is 2. The Kier molecular flexibility index (Phi) is 7.14. The zero-order valence-corrected chi connectivity index (χ0v) is 16.1. The lowest BCUT2D eigenvalue weighted by Gasteiger charge is -2.32. The van der Waals surface area contributed by atoms with Gasteiger partial charge < -0.3 is 10.1 Å². The summed E-state index contributed by atoms with van der Waals surface area (Å²) in [6.45, 7) is 11.1. The highest BCUT2D eigenvalue weighted by Gasteiger charge is 2.37. The Morgan fingerprint density at radius 3 is 2.21 bits per heavy atom. The fourth-order valence-corrected chi connectivity index (χ4v) is 2.98. The molecule has 1 aromatic rings. The van der Waals surface area contributed by atoms with Gasteiger partial charge in [-0.15, -0.1) is 0 Å². The van der Waals surface area contributed by atoms with Gasteiger partial charge in [0.2, 0.25) is 0 Å². The van der Waals surface area contributed by atoms with Crippen molar-refractivity contribution in [3.05, 3.63) is 30.3 Å². The van der Waals surface area contributed by atoms with E-state index in [1.807, 2.05) is 44.2 Å². The number of ether oxygens (including phenoxy) is 1. The summed E-state index contributed by atoms with van der Waals surface area (Å²) < 4.78 is 8.11. The predicted octanol–water partition coefficient (Wildman–Crippen LogP) is 4.14.